The molecule has 1 unspecified atom stereocenters. The summed E-state index contributed by atoms with van der Waals surface area (Å²) in [4.78, 5) is 15.4. The molecule has 5 heteroatoms. The second kappa shape index (κ2) is 5.65. The molecule has 0 bridgehead atoms. The Balaban J connectivity index is 2.54. The van der Waals surface area contributed by atoms with Gasteiger partial charge in [-0.05, 0) is 31.9 Å². The molecule has 4 nitrogen and oxygen atoms in total. The van der Waals surface area contributed by atoms with Gasteiger partial charge >= 0.3 is 5.97 Å². The minimum atomic E-state index is -0.815. The number of nitrogens with zero attached hydrogens (tertiary/aromatic N) is 2. The van der Waals surface area contributed by atoms with E-state index in [1.165, 1.54) is 11.8 Å². The normalized spacial score (nSPS) is 12.8. The van der Waals surface area contributed by atoms with Gasteiger partial charge in [-0.25, -0.2) is 4.98 Å². The van der Waals surface area contributed by atoms with Gasteiger partial charge in [0.2, 0.25) is 0 Å². The molecule has 0 aliphatic carbocycles. The summed E-state index contributed by atoms with van der Waals surface area (Å²) in [6, 6.07) is 6.40. The predicted octanol–water partition coefficient (Wildman–Crippen LogP) is 3.49. The second-order valence-corrected chi connectivity index (χ2v) is 5.59. The van der Waals surface area contributed by atoms with Crippen LogP contribution in [-0.2, 0) is 4.79 Å². The van der Waals surface area contributed by atoms with Gasteiger partial charge in [0.15, 0.2) is 5.16 Å². The summed E-state index contributed by atoms with van der Waals surface area (Å²) in [5.74, 6) is -0.775. The van der Waals surface area contributed by atoms with Crippen LogP contribution < -0.4 is 0 Å². The number of fused-ring (bicyclic) bond motifs is 1. The Bertz CT molecular complexity index is 607. The first kappa shape index (κ1) is 13.9. The molecule has 1 N–H and O–H groups in total. The van der Waals surface area contributed by atoms with Crippen molar-refractivity contribution in [2.24, 2.45) is 0 Å². The van der Waals surface area contributed by atoms with Crippen molar-refractivity contribution in [1.29, 1.82) is 0 Å². The van der Waals surface area contributed by atoms with E-state index in [-0.39, 0.29) is 5.75 Å². The fraction of sp³-hybridized carbons (Fsp3) is 0.429. The maximum Gasteiger partial charge on any atom is 0.313 e. The highest BCUT2D eigenvalue weighted by Gasteiger charge is 2.17. The van der Waals surface area contributed by atoms with Crippen LogP contribution in [0.2, 0.25) is 0 Å². The van der Waals surface area contributed by atoms with Crippen molar-refractivity contribution in [1.82, 2.24) is 9.55 Å². The maximum absolute atomic E-state index is 10.7. The van der Waals surface area contributed by atoms with E-state index in [1.54, 1.807) is 0 Å². The molecule has 0 radical (unpaired) electrons. The van der Waals surface area contributed by atoms with Gasteiger partial charge in [0.1, 0.15) is 0 Å². The lowest BCUT2D eigenvalue weighted by molar-refractivity contribution is -0.133. The number of carboxylic acids is 1. The lowest BCUT2D eigenvalue weighted by atomic mass is 10.2. The van der Waals surface area contributed by atoms with Crippen LogP contribution in [0.5, 0.6) is 0 Å². The van der Waals surface area contributed by atoms with Crippen molar-refractivity contribution < 1.29 is 9.90 Å². The summed E-state index contributed by atoms with van der Waals surface area (Å²) in [5, 5.41) is 9.63. The number of carbonyl (C=O) groups is 1. The third-order valence-corrected chi connectivity index (χ3v) is 4.18. The van der Waals surface area contributed by atoms with Crippen LogP contribution in [0.25, 0.3) is 11.0 Å². The number of benzene rings is 1. The number of aromatic nitrogens is 2. The van der Waals surface area contributed by atoms with Gasteiger partial charge in [-0.1, -0.05) is 30.8 Å². The highest BCUT2D eigenvalue weighted by molar-refractivity contribution is 7.99. The van der Waals surface area contributed by atoms with E-state index in [0.717, 1.165) is 28.2 Å². The molecule has 1 aromatic heterocycles. The van der Waals surface area contributed by atoms with Gasteiger partial charge in [-0.2, -0.15) is 0 Å². The van der Waals surface area contributed by atoms with E-state index in [0.29, 0.717) is 6.04 Å². The van der Waals surface area contributed by atoms with E-state index in [4.69, 9.17) is 5.11 Å². The van der Waals surface area contributed by atoms with Crippen molar-refractivity contribution in [3.05, 3.63) is 23.8 Å². The van der Waals surface area contributed by atoms with Gasteiger partial charge in [-0.3, -0.25) is 4.79 Å². The molecule has 0 aliphatic rings. The fourth-order valence-electron chi connectivity index (χ4n) is 2.07. The first-order chi connectivity index (χ1) is 9.04. The minimum Gasteiger partial charge on any atom is -0.481 e. The van der Waals surface area contributed by atoms with Crippen LogP contribution in [0.4, 0.5) is 0 Å². The van der Waals surface area contributed by atoms with Gasteiger partial charge in [0.25, 0.3) is 0 Å². The average Bonchev–Trinajstić information content (AvgIpc) is 2.75. The minimum absolute atomic E-state index is 0.0405. The molecule has 0 aliphatic heterocycles. The Morgan fingerprint density at radius 1 is 1.53 bits per heavy atom. The molecule has 0 saturated heterocycles. The Labute approximate surface area is 116 Å². The van der Waals surface area contributed by atoms with Crippen molar-refractivity contribution in [2.75, 3.05) is 5.75 Å². The first-order valence-electron chi connectivity index (χ1n) is 6.36. The zero-order valence-electron chi connectivity index (χ0n) is 11.4. The zero-order chi connectivity index (χ0) is 14.0. The Hall–Kier alpha value is -1.49. The summed E-state index contributed by atoms with van der Waals surface area (Å²) >= 11 is 1.29. The lowest BCUT2D eigenvalue weighted by Crippen LogP contribution is -2.07. The van der Waals surface area contributed by atoms with Crippen LogP contribution in [0.15, 0.2) is 23.4 Å². The van der Waals surface area contributed by atoms with Crippen LogP contribution in [-0.4, -0.2) is 26.4 Å². The van der Waals surface area contributed by atoms with Crippen molar-refractivity contribution in [2.45, 2.75) is 38.4 Å². The molecule has 0 saturated carbocycles. The van der Waals surface area contributed by atoms with E-state index < -0.39 is 5.97 Å². The zero-order valence-corrected chi connectivity index (χ0v) is 12.2. The number of hydrogen-bond acceptors (Lipinski definition) is 3. The van der Waals surface area contributed by atoms with Gasteiger partial charge in [0.05, 0.1) is 16.8 Å². The number of thioether (sulfide) groups is 1. The van der Waals surface area contributed by atoms with Gasteiger partial charge in [-0.15, -0.1) is 0 Å². The Morgan fingerprint density at radius 3 is 2.89 bits per heavy atom. The van der Waals surface area contributed by atoms with Crippen molar-refractivity contribution in [3.63, 3.8) is 0 Å². The summed E-state index contributed by atoms with van der Waals surface area (Å²) < 4.78 is 2.15. The summed E-state index contributed by atoms with van der Waals surface area (Å²) in [7, 11) is 0. The van der Waals surface area contributed by atoms with Crippen LogP contribution in [0, 0.1) is 6.92 Å². The topological polar surface area (TPSA) is 55.1 Å². The molecule has 19 heavy (non-hydrogen) atoms. The highest BCUT2D eigenvalue weighted by atomic mass is 32.2. The number of para-hydroxylation sites is 1. The number of rotatable bonds is 5. The molecular formula is C14H18N2O2S. The molecule has 1 aromatic carbocycles. The molecule has 0 fully saturated rings. The summed E-state index contributed by atoms with van der Waals surface area (Å²) in [6.45, 7) is 6.29. The van der Waals surface area contributed by atoms with E-state index in [9.17, 15) is 4.79 Å². The Morgan fingerprint density at radius 2 is 2.26 bits per heavy atom. The van der Waals surface area contributed by atoms with Gasteiger partial charge in [0, 0.05) is 6.04 Å². The molecule has 0 spiro atoms. The number of imidazole rings is 1. The van der Waals surface area contributed by atoms with Crippen LogP contribution in [0.3, 0.4) is 0 Å². The predicted molar refractivity (Wildman–Crippen MR) is 77.8 cm³/mol. The molecule has 1 heterocycles. The highest BCUT2D eigenvalue weighted by Crippen LogP contribution is 2.30. The van der Waals surface area contributed by atoms with Crippen LogP contribution >= 0.6 is 11.8 Å². The number of hydrogen-bond donors (Lipinski definition) is 1. The third-order valence-electron chi connectivity index (χ3n) is 3.25. The monoisotopic (exact) mass is 278 g/mol. The van der Waals surface area contributed by atoms with E-state index >= 15 is 0 Å². The van der Waals surface area contributed by atoms with Crippen molar-refractivity contribution in [3.8, 4) is 0 Å². The summed E-state index contributed by atoms with van der Waals surface area (Å²) in [5.41, 5.74) is 3.18. The SMILES string of the molecule is CCC(C)n1c(SCC(=O)O)nc2c(C)cccc21. The average molecular weight is 278 g/mol. The molecule has 2 aromatic rings. The number of aliphatic carboxylic acids is 1. The molecule has 0 amide bonds. The van der Waals surface area contributed by atoms with Crippen LogP contribution in [0.1, 0.15) is 31.9 Å². The fourth-order valence-corrected chi connectivity index (χ4v) is 2.90. The number of carboxylic acid groups (broad SMARTS) is 1. The number of aryl methyl sites for hydroxylation is 1. The van der Waals surface area contributed by atoms with E-state index in [1.807, 2.05) is 25.1 Å². The standard InChI is InChI=1S/C14H18N2O2S/c1-4-10(3)16-11-7-5-6-9(2)13(11)15-14(16)19-8-12(17)18/h5-7,10H,4,8H2,1-3H3,(H,17,18). The second-order valence-electron chi connectivity index (χ2n) is 4.65. The summed E-state index contributed by atoms with van der Waals surface area (Å²) in [6.07, 6.45) is 0.986. The van der Waals surface area contributed by atoms with E-state index in [2.05, 4.69) is 23.4 Å². The quantitative estimate of drug-likeness (QED) is 0.851. The third kappa shape index (κ3) is 2.76. The molecular weight excluding hydrogens is 260 g/mol. The smallest absolute Gasteiger partial charge is 0.313 e. The van der Waals surface area contributed by atoms with Gasteiger partial charge < -0.3 is 9.67 Å². The maximum atomic E-state index is 10.7. The Kier molecular flexibility index (Phi) is 4.14. The molecule has 1 atom stereocenters. The molecule has 2 rings (SSSR count). The molecule has 102 valence electrons. The van der Waals surface area contributed by atoms with Crippen molar-refractivity contribution >= 4 is 28.8 Å². The largest absolute Gasteiger partial charge is 0.481 e. The lowest BCUT2D eigenvalue weighted by Gasteiger charge is -2.15. The first-order valence-corrected chi connectivity index (χ1v) is 7.35.